The topological polar surface area (TPSA) is 69.7 Å². The molecule has 2 aromatic rings. The van der Waals surface area contributed by atoms with Gasteiger partial charge in [-0.05, 0) is 13.8 Å². The van der Waals surface area contributed by atoms with Gasteiger partial charge in [0.1, 0.15) is 5.60 Å². The lowest BCUT2D eigenvalue weighted by molar-refractivity contribution is -0.133. The third-order valence-corrected chi connectivity index (χ3v) is 4.09. The molecule has 2 heterocycles. The van der Waals surface area contributed by atoms with Crippen molar-refractivity contribution in [2.75, 3.05) is 19.2 Å². The first kappa shape index (κ1) is 13.1. The van der Waals surface area contributed by atoms with Crippen LogP contribution in [0, 0.1) is 0 Å². The number of anilines is 1. The van der Waals surface area contributed by atoms with Crippen molar-refractivity contribution in [3.8, 4) is 11.5 Å². The maximum absolute atomic E-state index is 12.0. The second-order valence-corrected chi connectivity index (χ2v) is 5.89. The van der Waals surface area contributed by atoms with Gasteiger partial charge in [-0.3, -0.25) is 10.1 Å². The molecule has 0 radical (unpaired) electrons. The lowest BCUT2D eigenvalue weighted by atomic mass is 10.1. The number of methoxy groups -OCH3 is 1. The number of carbonyl (C=O) groups is 1. The van der Waals surface area contributed by atoms with Crippen molar-refractivity contribution in [2.24, 2.45) is 0 Å². The van der Waals surface area contributed by atoms with Crippen LogP contribution in [-0.4, -0.2) is 30.4 Å². The van der Waals surface area contributed by atoms with Gasteiger partial charge in [-0.15, -0.1) is 0 Å². The van der Waals surface area contributed by atoms with E-state index in [0.29, 0.717) is 16.6 Å². The Bertz CT molecular complexity index is 639. The van der Waals surface area contributed by atoms with E-state index in [1.165, 1.54) is 18.4 Å². The Labute approximate surface area is 119 Å². The average molecular weight is 294 g/mol. The smallest absolute Gasteiger partial charge is 0.257 e. The number of benzene rings is 1. The first-order valence-electron chi connectivity index (χ1n) is 6.06. The summed E-state index contributed by atoms with van der Waals surface area (Å²) in [4.78, 5) is 16.4. The molecule has 0 saturated heterocycles. The highest BCUT2D eigenvalue weighted by molar-refractivity contribution is 7.22. The first-order valence-corrected chi connectivity index (χ1v) is 6.88. The molecule has 106 valence electrons. The van der Waals surface area contributed by atoms with E-state index < -0.39 is 5.60 Å². The molecule has 0 fully saturated rings. The number of nitrogens with zero attached hydrogens (tertiary/aromatic N) is 1. The zero-order valence-corrected chi connectivity index (χ0v) is 12.2. The van der Waals surface area contributed by atoms with Crippen LogP contribution in [0.1, 0.15) is 13.8 Å². The van der Waals surface area contributed by atoms with Crippen LogP contribution in [0.15, 0.2) is 12.1 Å². The molecule has 1 N–H and O–H groups in total. The molecular weight excluding hydrogens is 280 g/mol. The van der Waals surface area contributed by atoms with Crippen molar-refractivity contribution < 1.29 is 19.0 Å². The van der Waals surface area contributed by atoms with E-state index in [1.807, 2.05) is 12.1 Å². The summed E-state index contributed by atoms with van der Waals surface area (Å²) in [6.45, 7) is 3.63. The molecule has 0 saturated carbocycles. The van der Waals surface area contributed by atoms with E-state index in [0.717, 1.165) is 10.2 Å². The fourth-order valence-corrected chi connectivity index (χ4v) is 2.58. The fourth-order valence-electron chi connectivity index (χ4n) is 1.71. The Morgan fingerprint density at radius 3 is 2.80 bits per heavy atom. The van der Waals surface area contributed by atoms with Gasteiger partial charge in [0, 0.05) is 19.2 Å². The van der Waals surface area contributed by atoms with E-state index >= 15 is 0 Å². The molecule has 20 heavy (non-hydrogen) atoms. The van der Waals surface area contributed by atoms with Crippen molar-refractivity contribution in [2.45, 2.75) is 19.4 Å². The minimum atomic E-state index is -0.897. The third-order valence-electron chi connectivity index (χ3n) is 3.16. The van der Waals surface area contributed by atoms with Gasteiger partial charge in [0.2, 0.25) is 6.79 Å². The molecule has 1 aliphatic rings. The van der Waals surface area contributed by atoms with Crippen LogP contribution in [0.5, 0.6) is 11.5 Å². The van der Waals surface area contributed by atoms with Gasteiger partial charge in [-0.1, -0.05) is 11.3 Å². The number of hydrogen-bond donors (Lipinski definition) is 1. The van der Waals surface area contributed by atoms with Crippen LogP contribution < -0.4 is 14.8 Å². The summed E-state index contributed by atoms with van der Waals surface area (Å²) in [5.41, 5.74) is -0.129. The number of nitrogens with one attached hydrogen (secondary N) is 1. The minimum Gasteiger partial charge on any atom is -0.454 e. The van der Waals surface area contributed by atoms with Gasteiger partial charge >= 0.3 is 0 Å². The molecule has 0 aliphatic carbocycles. The number of rotatable bonds is 3. The van der Waals surface area contributed by atoms with Gasteiger partial charge in [0.05, 0.1) is 10.2 Å². The lowest BCUT2D eigenvalue weighted by Crippen LogP contribution is -2.38. The van der Waals surface area contributed by atoms with Gasteiger partial charge < -0.3 is 14.2 Å². The van der Waals surface area contributed by atoms with E-state index in [-0.39, 0.29) is 12.7 Å². The molecule has 7 heteroatoms. The normalized spacial score (nSPS) is 13.8. The molecule has 1 aromatic carbocycles. The van der Waals surface area contributed by atoms with Gasteiger partial charge in [0.25, 0.3) is 5.91 Å². The number of thiazole rings is 1. The van der Waals surface area contributed by atoms with Crippen LogP contribution in [0.2, 0.25) is 0 Å². The summed E-state index contributed by atoms with van der Waals surface area (Å²) in [6, 6.07) is 3.68. The Hall–Kier alpha value is -1.86. The van der Waals surface area contributed by atoms with Crippen molar-refractivity contribution in [3.05, 3.63) is 12.1 Å². The van der Waals surface area contributed by atoms with Gasteiger partial charge in [-0.2, -0.15) is 0 Å². The Balaban J connectivity index is 1.89. The van der Waals surface area contributed by atoms with Crippen LogP contribution in [0.4, 0.5) is 5.13 Å². The van der Waals surface area contributed by atoms with Gasteiger partial charge in [-0.25, -0.2) is 4.98 Å². The Kier molecular flexibility index (Phi) is 3.02. The summed E-state index contributed by atoms with van der Waals surface area (Å²) in [7, 11) is 1.50. The van der Waals surface area contributed by atoms with Crippen molar-refractivity contribution in [1.82, 2.24) is 4.98 Å². The first-order chi connectivity index (χ1) is 9.49. The van der Waals surface area contributed by atoms with Crippen LogP contribution in [0.3, 0.4) is 0 Å². The summed E-state index contributed by atoms with van der Waals surface area (Å²) >= 11 is 1.38. The molecule has 1 aliphatic heterocycles. The number of fused-ring (bicyclic) bond motifs is 2. The molecule has 1 amide bonds. The zero-order valence-electron chi connectivity index (χ0n) is 11.4. The predicted octanol–water partition coefficient (Wildman–Crippen LogP) is 2.39. The van der Waals surface area contributed by atoms with Crippen LogP contribution in [0.25, 0.3) is 10.2 Å². The average Bonchev–Trinajstić information content (AvgIpc) is 3.00. The molecule has 0 atom stereocenters. The standard InChI is InChI=1S/C13H14N2O4S/c1-13(2,17-3)11(16)15-12-14-7-4-8-9(19-6-18-8)5-10(7)20-12/h4-5H,6H2,1-3H3,(H,14,15,16). The molecule has 3 rings (SSSR count). The number of hydrogen-bond acceptors (Lipinski definition) is 6. The molecule has 6 nitrogen and oxygen atoms in total. The molecule has 0 unspecified atom stereocenters. The van der Waals surface area contributed by atoms with E-state index in [2.05, 4.69) is 10.3 Å². The molecule has 0 bridgehead atoms. The summed E-state index contributed by atoms with van der Waals surface area (Å²) in [5.74, 6) is 1.15. The van der Waals surface area contributed by atoms with E-state index in [9.17, 15) is 4.79 Å². The van der Waals surface area contributed by atoms with Gasteiger partial charge in [0.15, 0.2) is 16.6 Å². The number of carbonyl (C=O) groups excluding carboxylic acids is 1. The second kappa shape index (κ2) is 4.60. The van der Waals surface area contributed by atoms with E-state index in [4.69, 9.17) is 14.2 Å². The maximum atomic E-state index is 12.0. The Morgan fingerprint density at radius 2 is 2.10 bits per heavy atom. The van der Waals surface area contributed by atoms with E-state index in [1.54, 1.807) is 13.8 Å². The summed E-state index contributed by atoms with van der Waals surface area (Å²) in [6.07, 6.45) is 0. The fraction of sp³-hybridized carbons (Fsp3) is 0.385. The minimum absolute atomic E-state index is 0.234. The van der Waals surface area contributed by atoms with Crippen molar-refractivity contribution in [3.63, 3.8) is 0 Å². The highest BCUT2D eigenvalue weighted by Gasteiger charge is 2.28. The number of aromatic nitrogens is 1. The van der Waals surface area contributed by atoms with Crippen LogP contribution in [-0.2, 0) is 9.53 Å². The zero-order chi connectivity index (χ0) is 14.3. The molecular formula is C13H14N2O4S. The maximum Gasteiger partial charge on any atom is 0.257 e. The number of amides is 1. The van der Waals surface area contributed by atoms with Crippen LogP contribution >= 0.6 is 11.3 Å². The third kappa shape index (κ3) is 2.19. The quantitative estimate of drug-likeness (QED) is 0.941. The molecule has 1 aromatic heterocycles. The summed E-state index contributed by atoms with van der Waals surface area (Å²) < 4.78 is 16.7. The SMILES string of the molecule is COC(C)(C)C(=O)Nc1nc2cc3c(cc2s1)OCO3. The van der Waals surface area contributed by atoms with Crippen molar-refractivity contribution >= 4 is 32.6 Å². The lowest BCUT2D eigenvalue weighted by Gasteiger charge is -2.20. The monoisotopic (exact) mass is 294 g/mol. The number of ether oxygens (including phenoxy) is 3. The summed E-state index contributed by atoms with van der Waals surface area (Å²) in [5, 5.41) is 3.29. The highest BCUT2D eigenvalue weighted by Crippen LogP contribution is 2.39. The van der Waals surface area contributed by atoms with Crippen molar-refractivity contribution in [1.29, 1.82) is 0 Å². The highest BCUT2D eigenvalue weighted by atomic mass is 32.1. The Morgan fingerprint density at radius 1 is 1.40 bits per heavy atom. The molecule has 0 spiro atoms. The second-order valence-electron chi connectivity index (χ2n) is 4.86. The predicted molar refractivity (Wildman–Crippen MR) is 75.5 cm³/mol. The largest absolute Gasteiger partial charge is 0.454 e.